The predicted octanol–water partition coefficient (Wildman–Crippen LogP) is 3.37. The van der Waals surface area contributed by atoms with Crippen molar-refractivity contribution in [2.45, 2.75) is 20.8 Å². The van der Waals surface area contributed by atoms with Crippen LogP contribution >= 0.6 is 0 Å². The van der Waals surface area contributed by atoms with E-state index in [4.69, 9.17) is 4.74 Å². The zero-order valence-electron chi connectivity index (χ0n) is 12.6. The Balaban J connectivity index is 1.92. The summed E-state index contributed by atoms with van der Waals surface area (Å²) in [6.07, 6.45) is 0. The number of hydrazone groups is 1. The summed E-state index contributed by atoms with van der Waals surface area (Å²) in [5.74, 6) is 0.725. The molecular formula is C17H20N2O2. The van der Waals surface area contributed by atoms with Crippen LogP contribution in [0.4, 0.5) is 0 Å². The van der Waals surface area contributed by atoms with Crippen molar-refractivity contribution in [1.82, 2.24) is 5.43 Å². The first-order valence-corrected chi connectivity index (χ1v) is 7.01. The molecular weight excluding hydrogens is 264 g/mol. The third kappa shape index (κ3) is 4.31. The molecule has 4 heteroatoms. The minimum Gasteiger partial charge on any atom is -0.484 e. The second-order valence-electron chi connectivity index (χ2n) is 5.24. The fraction of sp³-hybridized carbons (Fsp3) is 0.294. The average Bonchev–Trinajstić information content (AvgIpc) is 2.50. The van der Waals surface area contributed by atoms with Gasteiger partial charge in [0, 0.05) is 5.71 Å². The van der Waals surface area contributed by atoms with Crippen molar-refractivity contribution >= 4 is 22.4 Å². The first-order chi connectivity index (χ1) is 10.1. The van der Waals surface area contributed by atoms with Gasteiger partial charge in [0.25, 0.3) is 5.91 Å². The van der Waals surface area contributed by atoms with E-state index in [-0.39, 0.29) is 12.5 Å². The van der Waals surface area contributed by atoms with Gasteiger partial charge in [-0.3, -0.25) is 4.79 Å². The predicted molar refractivity (Wildman–Crippen MR) is 85.5 cm³/mol. The molecule has 1 amide bonds. The Labute approximate surface area is 124 Å². The summed E-state index contributed by atoms with van der Waals surface area (Å²) < 4.78 is 5.49. The van der Waals surface area contributed by atoms with Crippen LogP contribution in [0, 0.1) is 5.92 Å². The van der Waals surface area contributed by atoms with Crippen molar-refractivity contribution in [3.63, 3.8) is 0 Å². The molecule has 0 aromatic heterocycles. The lowest BCUT2D eigenvalue weighted by atomic mass is 10.1. The fourth-order valence-corrected chi connectivity index (χ4v) is 1.72. The van der Waals surface area contributed by atoms with Crippen LogP contribution in [-0.2, 0) is 4.79 Å². The number of nitrogens with one attached hydrogen (secondary N) is 1. The Morgan fingerprint density at radius 1 is 1.19 bits per heavy atom. The molecule has 0 saturated heterocycles. The lowest BCUT2D eigenvalue weighted by Gasteiger charge is -2.07. The molecule has 2 aromatic carbocycles. The van der Waals surface area contributed by atoms with E-state index in [9.17, 15) is 4.79 Å². The van der Waals surface area contributed by atoms with Crippen LogP contribution in [-0.4, -0.2) is 18.2 Å². The second-order valence-corrected chi connectivity index (χ2v) is 5.24. The van der Waals surface area contributed by atoms with Gasteiger partial charge in [0.2, 0.25) is 0 Å². The fourth-order valence-electron chi connectivity index (χ4n) is 1.72. The van der Waals surface area contributed by atoms with Gasteiger partial charge in [-0.2, -0.15) is 5.10 Å². The van der Waals surface area contributed by atoms with Crippen LogP contribution in [0.15, 0.2) is 47.6 Å². The molecule has 2 rings (SSSR count). The van der Waals surface area contributed by atoms with Crippen LogP contribution < -0.4 is 10.2 Å². The molecule has 0 radical (unpaired) electrons. The summed E-state index contributed by atoms with van der Waals surface area (Å²) >= 11 is 0. The number of hydrogen-bond acceptors (Lipinski definition) is 3. The van der Waals surface area contributed by atoms with Crippen molar-refractivity contribution in [3.8, 4) is 5.75 Å². The first kappa shape index (κ1) is 15.0. The van der Waals surface area contributed by atoms with Gasteiger partial charge >= 0.3 is 0 Å². The topological polar surface area (TPSA) is 50.7 Å². The van der Waals surface area contributed by atoms with E-state index >= 15 is 0 Å². The highest BCUT2D eigenvalue weighted by Crippen LogP contribution is 2.20. The molecule has 0 aliphatic carbocycles. The Kier molecular flexibility index (Phi) is 4.93. The number of carbonyl (C=O) groups excluding carboxylic acids is 1. The molecule has 0 aliphatic rings. The molecule has 2 aromatic rings. The standard InChI is InChI=1S/C17H20N2O2/c1-12(2)13(3)18-19-17(20)11-21-16-9-8-14-6-4-5-7-15(14)10-16/h4-10,12H,11H2,1-3H3,(H,19,20). The molecule has 0 spiro atoms. The highest BCUT2D eigenvalue weighted by molar-refractivity contribution is 5.86. The monoisotopic (exact) mass is 284 g/mol. The van der Waals surface area contributed by atoms with Crippen molar-refractivity contribution < 1.29 is 9.53 Å². The van der Waals surface area contributed by atoms with Crippen molar-refractivity contribution in [2.24, 2.45) is 11.0 Å². The van der Waals surface area contributed by atoms with Gasteiger partial charge in [0.1, 0.15) is 5.75 Å². The summed E-state index contributed by atoms with van der Waals surface area (Å²) in [7, 11) is 0. The maximum absolute atomic E-state index is 11.7. The molecule has 0 atom stereocenters. The Morgan fingerprint density at radius 3 is 2.62 bits per heavy atom. The minimum absolute atomic E-state index is 0.0484. The molecule has 110 valence electrons. The van der Waals surface area contributed by atoms with Crippen molar-refractivity contribution in [1.29, 1.82) is 0 Å². The second kappa shape index (κ2) is 6.88. The van der Waals surface area contributed by atoms with E-state index in [0.717, 1.165) is 16.5 Å². The van der Waals surface area contributed by atoms with E-state index < -0.39 is 0 Å². The first-order valence-electron chi connectivity index (χ1n) is 7.01. The van der Waals surface area contributed by atoms with E-state index in [2.05, 4.69) is 10.5 Å². The summed E-state index contributed by atoms with van der Waals surface area (Å²) in [6.45, 7) is 5.88. The number of fused-ring (bicyclic) bond motifs is 1. The van der Waals surface area contributed by atoms with Gasteiger partial charge in [-0.05, 0) is 35.7 Å². The molecule has 0 fully saturated rings. The maximum atomic E-state index is 11.7. The summed E-state index contributed by atoms with van der Waals surface area (Å²) in [5, 5.41) is 6.25. The molecule has 0 saturated carbocycles. The van der Waals surface area contributed by atoms with Gasteiger partial charge in [0.15, 0.2) is 6.61 Å². The van der Waals surface area contributed by atoms with E-state index in [0.29, 0.717) is 11.7 Å². The molecule has 0 heterocycles. The number of nitrogens with zero attached hydrogens (tertiary/aromatic N) is 1. The van der Waals surface area contributed by atoms with Crippen LogP contribution in [0.3, 0.4) is 0 Å². The summed E-state index contributed by atoms with van der Waals surface area (Å²) in [5.41, 5.74) is 3.38. The third-order valence-electron chi connectivity index (χ3n) is 3.28. The zero-order chi connectivity index (χ0) is 15.2. The molecule has 21 heavy (non-hydrogen) atoms. The molecule has 1 N–H and O–H groups in total. The number of hydrogen-bond donors (Lipinski definition) is 1. The van der Waals surface area contributed by atoms with Gasteiger partial charge in [0.05, 0.1) is 0 Å². The van der Waals surface area contributed by atoms with Crippen LogP contribution in [0.1, 0.15) is 20.8 Å². The van der Waals surface area contributed by atoms with Gasteiger partial charge in [-0.1, -0.05) is 44.2 Å². The smallest absolute Gasteiger partial charge is 0.277 e. The molecule has 0 aliphatic heterocycles. The average molecular weight is 284 g/mol. The number of rotatable bonds is 5. The molecule has 4 nitrogen and oxygen atoms in total. The summed E-state index contributed by atoms with van der Waals surface area (Å²) in [6, 6.07) is 13.8. The Bertz CT molecular complexity index is 663. The van der Waals surface area contributed by atoms with Crippen LogP contribution in [0.5, 0.6) is 5.75 Å². The number of ether oxygens (including phenoxy) is 1. The number of amides is 1. The van der Waals surface area contributed by atoms with Crippen molar-refractivity contribution in [2.75, 3.05) is 6.61 Å². The van der Waals surface area contributed by atoms with E-state index in [1.54, 1.807) is 0 Å². The van der Waals surface area contributed by atoms with Gasteiger partial charge in [-0.25, -0.2) is 5.43 Å². The largest absolute Gasteiger partial charge is 0.484 e. The zero-order valence-corrected chi connectivity index (χ0v) is 12.6. The number of carbonyl (C=O) groups is 1. The molecule has 0 unspecified atom stereocenters. The Hall–Kier alpha value is -2.36. The molecule has 0 bridgehead atoms. The van der Waals surface area contributed by atoms with Gasteiger partial charge < -0.3 is 4.74 Å². The van der Waals surface area contributed by atoms with E-state index in [1.165, 1.54) is 0 Å². The third-order valence-corrected chi connectivity index (χ3v) is 3.28. The number of benzene rings is 2. The van der Waals surface area contributed by atoms with E-state index in [1.807, 2.05) is 63.2 Å². The van der Waals surface area contributed by atoms with Crippen molar-refractivity contribution in [3.05, 3.63) is 42.5 Å². The normalized spacial score (nSPS) is 11.7. The quantitative estimate of drug-likeness (QED) is 0.676. The maximum Gasteiger partial charge on any atom is 0.277 e. The van der Waals surface area contributed by atoms with Crippen LogP contribution in [0.2, 0.25) is 0 Å². The SMILES string of the molecule is CC(=NNC(=O)COc1ccc2ccccc2c1)C(C)C. The van der Waals surface area contributed by atoms with Gasteiger partial charge in [-0.15, -0.1) is 0 Å². The highest BCUT2D eigenvalue weighted by Gasteiger charge is 2.04. The minimum atomic E-state index is -0.261. The highest BCUT2D eigenvalue weighted by atomic mass is 16.5. The lowest BCUT2D eigenvalue weighted by molar-refractivity contribution is -0.123. The van der Waals surface area contributed by atoms with Crippen LogP contribution in [0.25, 0.3) is 10.8 Å². The summed E-state index contributed by atoms with van der Waals surface area (Å²) in [4.78, 5) is 11.7. The Morgan fingerprint density at radius 2 is 1.90 bits per heavy atom. The lowest BCUT2D eigenvalue weighted by Crippen LogP contribution is -2.26.